The molecule has 1 unspecified atom stereocenters. The first-order chi connectivity index (χ1) is 9.35. The Balaban J connectivity index is 2.81. The smallest absolute Gasteiger partial charge is 0.228 e. The molecule has 1 rings (SSSR count). The first-order valence-corrected chi connectivity index (χ1v) is 7.30. The molecule has 0 aromatic heterocycles. The Hall–Kier alpha value is -1.64. The fourth-order valence-corrected chi connectivity index (χ4v) is 1.87. The second-order valence-corrected chi connectivity index (χ2v) is 5.69. The summed E-state index contributed by atoms with van der Waals surface area (Å²) < 4.78 is 0. The van der Waals surface area contributed by atoms with Crippen LogP contribution >= 0.6 is 0 Å². The van der Waals surface area contributed by atoms with Crippen LogP contribution in [0, 0.1) is 18.8 Å². The van der Waals surface area contributed by atoms with Crippen LogP contribution in [0.2, 0.25) is 0 Å². The first kappa shape index (κ1) is 16.4. The highest BCUT2D eigenvalue weighted by molar-refractivity contribution is 5.98. The summed E-state index contributed by atoms with van der Waals surface area (Å²) in [5, 5.41) is 2.88. The Morgan fingerprint density at radius 2 is 1.95 bits per heavy atom. The van der Waals surface area contributed by atoms with E-state index in [4.69, 9.17) is 0 Å². The molecule has 0 heterocycles. The van der Waals surface area contributed by atoms with E-state index in [2.05, 4.69) is 29.4 Å². The van der Waals surface area contributed by atoms with Gasteiger partial charge < -0.3 is 5.32 Å². The van der Waals surface area contributed by atoms with Gasteiger partial charge >= 0.3 is 0 Å². The second kappa shape index (κ2) is 7.22. The Bertz CT molecular complexity index is 504. The first-order valence-electron chi connectivity index (χ1n) is 7.30. The number of rotatable bonds is 4. The van der Waals surface area contributed by atoms with Crippen LogP contribution in [0.25, 0.3) is 0 Å². The van der Waals surface area contributed by atoms with Gasteiger partial charge in [-0.05, 0) is 43.4 Å². The van der Waals surface area contributed by atoms with Gasteiger partial charge in [-0.3, -0.25) is 4.79 Å². The van der Waals surface area contributed by atoms with E-state index in [-0.39, 0.29) is 11.8 Å². The molecule has 3 heteroatoms. The lowest BCUT2D eigenvalue weighted by molar-refractivity contribution is -0.124. The van der Waals surface area contributed by atoms with Crippen LogP contribution in [0.15, 0.2) is 23.2 Å². The van der Waals surface area contributed by atoms with Crippen molar-refractivity contribution in [3.05, 3.63) is 29.3 Å². The number of hydrogen-bond acceptors (Lipinski definition) is 2. The van der Waals surface area contributed by atoms with Gasteiger partial charge in [0.2, 0.25) is 5.91 Å². The van der Waals surface area contributed by atoms with Crippen LogP contribution in [-0.2, 0) is 11.2 Å². The summed E-state index contributed by atoms with van der Waals surface area (Å²) in [6.07, 6.45) is 1.02. The van der Waals surface area contributed by atoms with Crippen molar-refractivity contribution in [1.82, 2.24) is 5.32 Å². The van der Waals surface area contributed by atoms with Crippen molar-refractivity contribution < 1.29 is 4.79 Å². The van der Waals surface area contributed by atoms with E-state index in [1.54, 1.807) is 0 Å². The highest BCUT2D eigenvalue weighted by Gasteiger charge is 2.16. The minimum Gasteiger partial charge on any atom is -0.314 e. The Kier molecular flexibility index (Phi) is 5.93. The third-order valence-electron chi connectivity index (χ3n) is 3.68. The lowest BCUT2D eigenvalue weighted by Gasteiger charge is -2.15. The molecular weight excluding hydrogens is 248 g/mol. The summed E-state index contributed by atoms with van der Waals surface area (Å²) >= 11 is 0. The number of aryl methyl sites for hydroxylation is 2. The highest BCUT2D eigenvalue weighted by atomic mass is 16.1. The predicted octanol–water partition coefficient (Wildman–Crippen LogP) is 4.02. The fourth-order valence-electron chi connectivity index (χ4n) is 1.87. The van der Waals surface area contributed by atoms with Crippen molar-refractivity contribution in [1.29, 1.82) is 0 Å². The highest BCUT2D eigenvalue weighted by Crippen LogP contribution is 2.20. The van der Waals surface area contributed by atoms with Gasteiger partial charge in [-0.2, -0.15) is 0 Å². The van der Waals surface area contributed by atoms with Crippen molar-refractivity contribution in [2.75, 3.05) is 0 Å². The third kappa shape index (κ3) is 4.48. The second-order valence-electron chi connectivity index (χ2n) is 5.69. The van der Waals surface area contributed by atoms with Crippen LogP contribution in [0.1, 0.15) is 45.7 Å². The summed E-state index contributed by atoms with van der Waals surface area (Å²) in [7, 11) is 0. The van der Waals surface area contributed by atoms with E-state index in [0.717, 1.165) is 17.7 Å². The minimum absolute atomic E-state index is 0.0104. The minimum atomic E-state index is -0.0104. The van der Waals surface area contributed by atoms with Gasteiger partial charge in [0, 0.05) is 5.92 Å². The topological polar surface area (TPSA) is 41.5 Å². The molecule has 0 aliphatic heterocycles. The lowest BCUT2D eigenvalue weighted by atomic mass is 9.97. The van der Waals surface area contributed by atoms with E-state index in [0.29, 0.717) is 11.8 Å². The molecule has 1 aromatic rings. The molecule has 0 saturated heterocycles. The number of amides is 1. The van der Waals surface area contributed by atoms with E-state index >= 15 is 0 Å². The molecule has 0 bridgehead atoms. The number of benzene rings is 1. The fraction of sp³-hybridized carbons (Fsp3) is 0.529. The van der Waals surface area contributed by atoms with Gasteiger partial charge in [0.1, 0.15) is 5.84 Å². The Labute approximate surface area is 122 Å². The van der Waals surface area contributed by atoms with Crippen LogP contribution in [0.4, 0.5) is 5.69 Å². The van der Waals surface area contributed by atoms with Gasteiger partial charge in [-0.25, -0.2) is 4.99 Å². The maximum atomic E-state index is 12.0. The predicted molar refractivity (Wildman–Crippen MR) is 85.5 cm³/mol. The van der Waals surface area contributed by atoms with Crippen molar-refractivity contribution in [3.8, 4) is 0 Å². The van der Waals surface area contributed by atoms with E-state index in [1.165, 1.54) is 5.56 Å². The number of amidine groups is 1. The number of nitrogens with zero attached hydrogens (tertiary/aromatic N) is 1. The molecule has 1 atom stereocenters. The molecule has 1 N–H and O–H groups in total. The van der Waals surface area contributed by atoms with Crippen molar-refractivity contribution in [2.45, 2.75) is 48.0 Å². The summed E-state index contributed by atoms with van der Waals surface area (Å²) in [6, 6.07) is 6.23. The normalized spacial score (nSPS) is 13.4. The molecule has 1 amide bonds. The lowest BCUT2D eigenvalue weighted by Crippen LogP contribution is -2.35. The van der Waals surface area contributed by atoms with E-state index in [9.17, 15) is 4.79 Å². The molecule has 3 nitrogen and oxygen atoms in total. The van der Waals surface area contributed by atoms with Gasteiger partial charge in [-0.1, -0.05) is 39.8 Å². The van der Waals surface area contributed by atoms with Crippen LogP contribution in [-0.4, -0.2) is 11.7 Å². The van der Waals surface area contributed by atoms with Gasteiger partial charge in [-0.15, -0.1) is 0 Å². The third-order valence-corrected chi connectivity index (χ3v) is 3.68. The van der Waals surface area contributed by atoms with E-state index in [1.807, 2.05) is 40.7 Å². The number of carbonyl (C=O) groups excluding carboxylic acids is 1. The molecule has 20 heavy (non-hydrogen) atoms. The molecule has 0 radical (unpaired) electrons. The number of hydrogen-bond donors (Lipinski definition) is 1. The van der Waals surface area contributed by atoms with Crippen LogP contribution < -0.4 is 5.32 Å². The zero-order chi connectivity index (χ0) is 15.3. The number of aliphatic imine (C=N–C) groups is 1. The standard InChI is InChI=1S/C17H26N2O/c1-7-15-8-9-16(12(4)10-15)18-14(6)19-17(20)13(5)11(2)3/h8-11,13H,7H2,1-6H3,(H,18,19,20). The molecule has 0 aliphatic rings. The Morgan fingerprint density at radius 1 is 1.30 bits per heavy atom. The van der Waals surface area contributed by atoms with Crippen LogP contribution in [0.3, 0.4) is 0 Å². The Morgan fingerprint density at radius 3 is 2.45 bits per heavy atom. The molecule has 110 valence electrons. The molecule has 0 fully saturated rings. The van der Waals surface area contributed by atoms with Gasteiger partial charge in [0.25, 0.3) is 0 Å². The van der Waals surface area contributed by atoms with Crippen LogP contribution in [0.5, 0.6) is 0 Å². The summed E-state index contributed by atoms with van der Waals surface area (Å²) in [5.74, 6) is 0.996. The molecular formula is C17H26N2O. The molecule has 1 aromatic carbocycles. The largest absolute Gasteiger partial charge is 0.314 e. The van der Waals surface area contributed by atoms with Crippen molar-refractivity contribution >= 4 is 17.4 Å². The number of nitrogens with one attached hydrogen (secondary N) is 1. The molecule has 0 spiro atoms. The van der Waals surface area contributed by atoms with Gasteiger partial charge in [0.05, 0.1) is 5.69 Å². The van der Waals surface area contributed by atoms with Gasteiger partial charge in [0.15, 0.2) is 0 Å². The molecule has 0 saturated carbocycles. The average Bonchev–Trinajstić information content (AvgIpc) is 2.39. The van der Waals surface area contributed by atoms with Crippen molar-refractivity contribution in [3.63, 3.8) is 0 Å². The summed E-state index contributed by atoms with van der Waals surface area (Å²) in [5.41, 5.74) is 3.35. The maximum Gasteiger partial charge on any atom is 0.228 e. The maximum absolute atomic E-state index is 12.0. The SMILES string of the molecule is CCc1ccc(N=C(C)NC(=O)C(C)C(C)C)c(C)c1. The van der Waals surface area contributed by atoms with E-state index < -0.39 is 0 Å². The quantitative estimate of drug-likeness (QED) is 0.654. The summed E-state index contributed by atoms with van der Waals surface area (Å²) in [4.78, 5) is 16.5. The zero-order valence-corrected chi connectivity index (χ0v) is 13.4. The summed E-state index contributed by atoms with van der Waals surface area (Å²) in [6.45, 7) is 12.0. The van der Waals surface area contributed by atoms with Crippen molar-refractivity contribution in [2.24, 2.45) is 16.8 Å². The molecule has 0 aliphatic carbocycles. The zero-order valence-electron chi connectivity index (χ0n) is 13.4. The average molecular weight is 274 g/mol. The number of carbonyl (C=O) groups is 1. The monoisotopic (exact) mass is 274 g/mol.